The molecule has 0 radical (unpaired) electrons. The van der Waals surface area contributed by atoms with Crippen molar-refractivity contribution >= 4 is 16.8 Å². The van der Waals surface area contributed by atoms with Gasteiger partial charge >= 0.3 is 5.63 Å². The molecule has 0 aliphatic rings. The van der Waals surface area contributed by atoms with Crippen molar-refractivity contribution in [2.75, 3.05) is 14.2 Å². The average Bonchev–Trinajstić information content (AvgIpc) is 2.92. The Morgan fingerprint density at radius 2 is 1.43 bits per heavy atom. The number of hydrogen-bond donors (Lipinski definition) is 0. The van der Waals surface area contributed by atoms with Gasteiger partial charge in [-0.2, -0.15) is 0 Å². The van der Waals surface area contributed by atoms with Crippen LogP contribution < -0.4 is 15.1 Å². The van der Waals surface area contributed by atoms with E-state index < -0.39 is 5.63 Å². The Labute approximate surface area is 221 Å². The molecule has 3 rings (SSSR count). The molecule has 0 saturated heterocycles. The summed E-state index contributed by atoms with van der Waals surface area (Å²) in [6, 6.07) is 12.7. The zero-order valence-corrected chi connectivity index (χ0v) is 22.9. The predicted octanol–water partition coefficient (Wildman–Crippen LogP) is 8.46. The lowest BCUT2D eigenvalue weighted by Crippen LogP contribution is -2.15. The van der Waals surface area contributed by atoms with E-state index in [4.69, 9.17) is 13.9 Å². The molecule has 3 aromatic rings. The number of hydrogen-bond acceptors (Lipinski definition) is 5. The monoisotopic (exact) mass is 506 g/mol. The molecule has 0 bridgehead atoms. The van der Waals surface area contributed by atoms with Crippen LogP contribution in [0, 0.1) is 0 Å². The Kier molecular flexibility index (Phi) is 11.2. The fourth-order valence-corrected chi connectivity index (χ4v) is 4.96. The molecule has 5 heteroatoms. The van der Waals surface area contributed by atoms with Gasteiger partial charge in [0.05, 0.1) is 19.6 Å². The molecule has 37 heavy (non-hydrogen) atoms. The normalized spacial score (nSPS) is 12.0. The summed E-state index contributed by atoms with van der Waals surface area (Å²) in [5.41, 5.74) is 1.40. The van der Waals surface area contributed by atoms with Crippen molar-refractivity contribution in [3.05, 3.63) is 69.6 Å². The molecular formula is C32H42O5. The van der Waals surface area contributed by atoms with Crippen LogP contribution in [0.15, 0.2) is 51.7 Å². The van der Waals surface area contributed by atoms with Crippen LogP contribution in [-0.4, -0.2) is 20.0 Å². The van der Waals surface area contributed by atoms with Gasteiger partial charge in [-0.3, -0.25) is 4.79 Å². The summed E-state index contributed by atoms with van der Waals surface area (Å²) in [4.78, 5) is 26.0. The van der Waals surface area contributed by atoms with Crippen LogP contribution in [0.1, 0.15) is 112 Å². The van der Waals surface area contributed by atoms with Crippen molar-refractivity contribution in [2.45, 2.75) is 90.4 Å². The molecule has 0 fully saturated rings. The number of rotatable bonds is 16. The summed E-state index contributed by atoms with van der Waals surface area (Å²) in [5, 5.41) is 0.554. The number of carbonyl (C=O) groups excluding carboxylic acids is 1. The van der Waals surface area contributed by atoms with Crippen LogP contribution in [0.3, 0.4) is 0 Å². The molecule has 2 aromatic carbocycles. The van der Waals surface area contributed by atoms with Crippen LogP contribution in [-0.2, 0) is 0 Å². The van der Waals surface area contributed by atoms with Crippen molar-refractivity contribution in [3.63, 3.8) is 0 Å². The minimum atomic E-state index is -0.669. The van der Waals surface area contributed by atoms with E-state index in [9.17, 15) is 9.59 Å². The molecule has 200 valence electrons. The van der Waals surface area contributed by atoms with E-state index in [0.29, 0.717) is 33.9 Å². The van der Waals surface area contributed by atoms with Gasteiger partial charge in [0.1, 0.15) is 22.6 Å². The lowest BCUT2D eigenvalue weighted by molar-refractivity contribution is 0.103. The summed E-state index contributed by atoms with van der Waals surface area (Å²) < 4.78 is 16.2. The molecule has 1 atom stereocenters. The second-order valence-electron chi connectivity index (χ2n) is 9.89. The van der Waals surface area contributed by atoms with Gasteiger partial charge in [-0.05, 0) is 30.4 Å². The molecule has 0 aliphatic carbocycles. The Balaban J connectivity index is 1.78. The maximum absolute atomic E-state index is 13.3. The Hall–Kier alpha value is -3.08. The number of carbonyl (C=O) groups is 1. The third-order valence-corrected chi connectivity index (χ3v) is 7.20. The fourth-order valence-electron chi connectivity index (χ4n) is 4.96. The van der Waals surface area contributed by atoms with Gasteiger partial charge < -0.3 is 13.9 Å². The second-order valence-corrected chi connectivity index (χ2v) is 9.89. The zero-order chi connectivity index (χ0) is 26.6. The van der Waals surface area contributed by atoms with E-state index in [-0.39, 0.29) is 11.3 Å². The van der Waals surface area contributed by atoms with E-state index in [2.05, 4.69) is 26.0 Å². The topological polar surface area (TPSA) is 65.7 Å². The molecule has 1 unspecified atom stereocenters. The fraction of sp³-hybridized carbons (Fsp3) is 0.500. The Morgan fingerprint density at radius 3 is 2.08 bits per heavy atom. The smallest absolute Gasteiger partial charge is 0.347 e. The minimum absolute atomic E-state index is 0.00436. The molecule has 0 N–H and O–H groups in total. The summed E-state index contributed by atoms with van der Waals surface area (Å²) in [7, 11) is 3.06. The third-order valence-electron chi connectivity index (χ3n) is 7.20. The number of ether oxygens (including phenoxy) is 2. The first-order valence-corrected chi connectivity index (χ1v) is 13.9. The maximum Gasteiger partial charge on any atom is 0.347 e. The Morgan fingerprint density at radius 1 is 0.811 bits per heavy atom. The first kappa shape index (κ1) is 28.5. The highest BCUT2D eigenvalue weighted by Crippen LogP contribution is 2.32. The first-order valence-electron chi connectivity index (χ1n) is 13.9. The van der Waals surface area contributed by atoms with Gasteiger partial charge in [0.25, 0.3) is 0 Å². The van der Waals surface area contributed by atoms with Crippen molar-refractivity contribution in [1.29, 1.82) is 0 Å². The van der Waals surface area contributed by atoms with Crippen LogP contribution in [0.5, 0.6) is 11.5 Å². The van der Waals surface area contributed by atoms with Crippen molar-refractivity contribution < 1.29 is 18.7 Å². The number of unbranched alkanes of at least 4 members (excludes halogenated alkanes) is 7. The van der Waals surface area contributed by atoms with E-state index >= 15 is 0 Å². The van der Waals surface area contributed by atoms with Crippen LogP contribution in [0.4, 0.5) is 0 Å². The zero-order valence-electron chi connectivity index (χ0n) is 22.9. The molecule has 0 aliphatic heterocycles. The van der Waals surface area contributed by atoms with E-state index in [1.807, 2.05) is 12.1 Å². The van der Waals surface area contributed by atoms with Crippen LogP contribution in [0.2, 0.25) is 0 Å². The highest BCUT2D eigenvalue weighted by Gasteiger charge is 2.19. The van der Waals surface area contributed by atoms with Gasteiger partial charge in [0, 0.05) is 17.7 Å². The van der Waals surface area contributed by atoms with Gasteiger partial charge in [-0.1, -0.05) is 95.9 Å². The first-order chi connectivity index (χ1) is 18.0. The second kappa shape index (κ2) is 14.6. The largest absolute Gasteiger partial charge is 0.496 e. The van der Waals surface area contributed by atoms with Crippen molar-refractivity contribution in [1.82, 2.24) is 0 Å². The van der Waals surface area contributed by atoms with Gasteiger partial charge in [0.15, 0.2) is 5.78 Å². The highest BCUT2D eigenvalue weighted by molar-refractivity contribution is 6.10. The molecule has 0 spiro atoms. The van der Waals surface area contributed by atoms with E-state index in [1.54, 1.807) is 18.2 Å². The minimum Gasteiger partial charge on any atom is -0.496 e. The summed E-state index contributed by atoms with van der Waals surface area (Å²) >= 11 is 0. The number of fused-ring (bicyclic) bond motifs is 1. The molecule has 1 heterocycles. The van der Waals surface area contributed by atoms with E-state index in [0.717, 1.165) is 0 Å². The lowest BCUT2D eigenvalue weighted by Gasteiger charge is -2.18. The lowest BCUT2D eigenvalue weighted by atomic mass is 9.87. The van der Waals surface area contributed by atoms with Gasteiger partial charge in [0.2, 0.25) is 0 Å². The van der Waals surface area contributed by atoms with Gasteiger partial charge in [-0.25, -0.2) is 4.79 Å². The standard InChI is InChI=1S/C32H42O5/c1-5-7-9-10-11-13-15-23(14-12-8-6-2)24-16-18-25(19-17-24)31(33)28-22-27-29(36-4)20-26(35-3)21-30(27)37-32(28)34/h16-23H,5-15H2,1-4H3. The van der Waals surface area contributed by atoms with Gasteiger partial charge in [-0.15, -0.1) is 0 Å². The summed E-state index contributed by atoms with van der Waals surface area (Å²) in [5.74, 6) is 1.15. The van der Waals surface area contributed by atoms with Crippen LogP contribution >= 0.6 is 0 Å². The quantitative estimate of drug-likeness (QED) is 0.111. The molecule has 0 saturated carbocycles. The SMILES string of the molecule is CCCCCCCCC(CCCCC)c1ccc(C(=O)c2cc3c(OC)cc(OC)cc3oc2=O)cc1. The number of methoxy groups -OCH3 is 2. The summed E-state index contributed by atoms with van der Waals surface area (Å²) in [6.45, 7) is 4.48. The van der Waals surface area contributed by atoms with E-state index in [1.165, 1.54) is 90.4 Å². The van der Waals surface area contributed by atoms with Crippen molar-refractivity contribution in [2.24, 2.45) is 0 Å². The molecule has 5 nitrogen and oxygen atoms in total. The Bertz CT molecular complexity index is 1190. The highest BCUT2D eigenvalue weighted by atomic mass is 16.5. The molecule has 0 amide bonds. The van der Waals surface area contributed by atoms with Crippen LogP contribution in [0.25, 0.3) is 11.0 Å². The predicted molar refractivity (Wildman–Crippen MR) is 150 cm³/mol. The number of ketones is 1. The molecular weight excluding hydrogens is 464 g/mol. The molecule has 1 aromatic heterocycles. The summed E-state index contributed by atoms with van der Waals surface area (Å²) in [6.07, 6.45) is 13.8. The average molecular weight is 507 g/mol. The third kappa shape index (κ3) is 7.70. The number of benzene rings is 2. The van der Waals surface area contributed by atoms with Crippen molar-refractivity contribution in [3.8, 4) is 11.5 Å². The maximum atomic E-state index is 13.3.